The number of guanidine groups is 1. The third-order valence-electron chi connectivity index (χ3n) is 0.775. The fourth-order valence-electron chi connectivity index (χ4n) is 0.327. The summed E-state index contributed by atoms with van der Waals surface area (Å²) in [4.78, 5) is 3.90. The van der Waals surface area contributed by atoms with Crippen LogP contribution in [0.25, 0.3) is 0 Å². The standard InChI is InChI=1S/C5H14N4/c1-4(2)3-8-5(6)9-7/h4H,3,7H2,1-2H3,(H3,6,8,9). The molecule has 9 heavy (non-hydrogen) atoms. The molecule has 0 unspecified atom stereocenters. The minimum absolute atomic E-state index is 0.295. The lowest BCUT2D eigenvalue weighted by Gasteiger charge is -2.00. The zero-order valence-corrected chi connectivity index (χ0v) is 5.89. The molecule has 4 nitrogen and oxygen atoms in total. The van der Waals surface area contributed by atoms with Gasteiger partial charge in [-0.25, -0.2) is 5.84 Å². The first-order valence-corrected chi connectivity index (χ1v) is 2.93. The number of nitrogens with two attached hydrogens (primary N) is 2. The number of aliphatic imine (C=N–C) groups is 1. The molecule has 0 heterocycles. The van der Waals surface area contributed by atoms with Crippen molar-refractivity contribution in [2.24, 2.45) is 22.5 Å². The van der Waals surface area contributed by atoms with Crippen LogP contribution < -0.4 is 17.0 Å². The Kier molecular flexibility index (Phi) is 3.79. The van der Waals surface area contributed by atoms with E-state index in [2.05, 4.69) is 24.3 Å². The van der Waals surface area contributed by atoms with Crippen LogP contribution in [-0.4, -0.2) is 12.5 Å². The van der Waals surface area contributed by atoms with Crippen LogP contribution in [0.3, 0.4) is 0 Å². The maximum atomic E-state index is 5.24. The van der Waals surface area contributed by atoms with Crippen LogP contribution in [0.4, 0.5) is 0 Å². The second kappa shape index (κ2) is 4.14. The van der Waals surface area contributed by atoms with Crippen molar-refractivity contribution in [3.8, 4) is 0 Å². The summed E-state index contributed by atoms with van der Waals surface area (Å²) < 4.78 is 0. The summed E-state index contributed by atoms with van der Waals surface area (Å²) in [5.41, 5.74) is 7.48. The Morgan fingerprint density at radius 1 is 1.67 bits per heavy atom. The number of hydrogen-bond acceptors (Lipinski definition) is 2. The van der Waals surface area contributed by atoms with E-state index >= 15 is 0 Å². The fourth-order valence-corrected chi connectivity index (χ4v) is 0.327. The minimum atomic E-state index is 0.295. The molecule has 0 aliphatic carbocycles. The average molecular weight is 130 g/mol. The van der Waals surface area contributed by atoms with Gasteiger partial charge in [0.05, 0.1) is 0 Å². The first-order chi connectivity index (χ1) is 4.16. The van der Waals surface area contributed by atoms with Gasteiger partial charge in [-0.05, 0) is 5.92 Å². The molecule has 0 saturated heterocycles. The van der Waals surface area contributed by atoms with Crippen LogP contribution in [0.15, 0.2) is 4.99 Å². The highest BCUT2D eigenvalue weighted by molar-refractivity contribution is 5.77. The summed E-state index contributed by atoms with van der Waals surface area (Å²) in [7, 11) is 0. The van der Waals surface area contributed by atoms with Crippen molar-refractivity contribution < 1.29 is 0 Å². The second-order valence-corrected chi connectivity index (χ2v) is 2.26. The molecule has 0 amide bonds. The Bertz CT molecular complexity index is 97.1. The molecule has 0 aromatic carbocycles. The van der Waals surface area contributed by atoms with Gasteiger partial charge in [0.1, 0.15) is 0 Å². The van der Waals surface area contributed by atoms with Crippen molar-refractivity contribution in [3.05, 3.63) is 0 Å². The summed E-state index contributed by atoms with van der Waals surface area (Å²) in [5.74, 6) is 5.77. The van der Waals surface area contributed by atoms with E-state index in [1.54, 1.807) is 0 Å². The van der Waals surface area contributed by atoms with E-state index in [1.165, 1.54) is 0 Å². The average Bonchev–Trinajstić information content (AvgIpc) is 1.83. The summed E-state index contributed by atoms with van der Waals surface area (Å²) in [6, 6.07) is 0. The first kappa shape index (κ1) is 8.23. The Morgan fingerprint density at radius 3 is 2.56 bits per heavy atom. The molecule has 0 spiro atoms. The molecule has 4 heteroatoms. The van der Waals surface area contributed by atoms with Gasteiger partial charge in [-0.3, -0.25) is 10.4 Å². The minimum Gasteiger partial charge on any atom is -0.369 e. The van der Waals surface area contributed by atoms with Gasteiger partial charge in [-0.15, -0.1) is 0 Å². The van der Waals surface area contributed by atoms with Gasteiger partial charge in [0.25, 0.3) is 0 Å². The summed E-state index contributed by atoms with van der Waals surface area (Å²) in [6.45, 7) is 4.84. The van der Waals surface area contributed by atoms with Crippen molar-refractivity contribution in [1.29, 1.82) is 0 Å². The van der Waals surface area contributed by atoms with Crippen molar-refractivity contribution >= 4 is 5.96 Å². The monoisotopic (exact) mass is 130 g/mol. The van der Waals surface area contributed by atoms with Crippen molar-refractivity contribution in [2.75, 3.05) is 6.54 Å². The molecule has 0 aliphatic rings. The normalized spacial score (nSPS) is 12.2. The molecule has 5 N–H and O–H groups in total. The quantitative estimate of drug-likeness (QED) is 0.202. The smallest absolute Gasteiger partial charge is 0.203 e. The summed E-state index contributed by atoms with van der Waals surface area (Å²) in [6.07, 6.45) is 0. The van der Waals surface area contributed by atoms with Gasteiger partial charge in [-0.2, -0.15) is 0 Å². The van der Waals surface area contributed by atoms with Crippen molar-refractivity contribution in [3.63, 3.8) is 0 Å². The molecule has 0 radical (unpaired) electrons. The predicted octanol–water partition coefficient (Wildman–Crippen LogP) is -0.580. The first-order valence-electron chi connectivity index (χ1n) is 2.93. The van der Waals surface area contributed by atoms with Gasteiger partial charge < -0.3 is 5.73 Å². The van der Waals surface area contributed by atoms with Crippen molar-refractivity contribution in [1.82, 2.24) is 5.43 Å². The van der Waals surface area contributed by atoms with Crippen LogP contribution in [-0.2, 0) is 0 Å². The molecule has 0 saturated carbocycles. The van der Waals surface area contributed by atoms with Gasteiger partial charge in [-0.1, -0.05) is 13.8 Å². The topological polar surface area (TPSA) is 76.4 Å². The molecular weight excluding hydrogens is 116 g/mol. The highest BCUT2D eigenvalue weighted by Gasteiger charge is 1.89. The van der Waals surface area contributed by atoms with Crippen LogP contribution in [0.1, 0.15) is 13.8 Å². The number of nitrogens with one attached hydrogen (secondary N) is 1. The van der Waals surface area contributed by atoms with Gasteiger partial charge in [0, 0.05) is 6.54 Å². The Hall–Kier alpha value is -0.770. The largest absolute Gasteiger partial charge is 0.369 e. The van der Waals surface area contributed by atoms with Crippen LogP contribution in [0.2, 0.25) is 0 Å². The van der Waals surface area contributed by atoms with E-state index in [9.17, 15) is 0 Å². The third-order valence-corrected chi connectivity index (χ3v) is 0.775. The maximum Gasteiger partial charge on any atom is 0.203 e. The van der Waals surface area contributed by atoms with Gasteiger partial charge in [0.15, 0.2) is 0 Å². The zero-order valence-electron chi connectivity index (χ0n) is 5.89. The van der Waals surface area contributed by atoms with E-state index in [1.807, 2.05) is 0 Å². The molecular formula is C5H14N4. The molecule has 54 valence electrons. The Morgan fingerprint density at radius 2 is 2.22 bits per heavy atom. The molecule has 0 atom stereocenters. The second-order valence-electron chi connectivity index (χ2n) is 2.26. The number of hydrazine groups is 1. The van der Waals surface area contributed by atoms with Crippen LogP contribution in [0.5, 0.6) is 0 Å². The lowest BCUT2D eigenvalue weighted by molar-refractivity contribution is 0.662. The lowest BCUT2D eigenvalue weighted by Crippen LogP contribution is -2.37. The number of rotatable bonds is 2. The van der Waals surface area contributed by atoms with E-state index in [4.69, 9.17) is 11.6 Å². The molecule has 0 rings (SSSR count). The van der Waals surface area contributed by atoms with E-state index < -0.39 is 0 Å². The Labute approximate surface area is 55.3 Å². The zero-order chi connectivity index (χ0) is 7.28. The molecule has 0 aromatic heterocycles. The number of nitrogens with zero attached hydrogens (tertiary/aromatic N) is 1. The van der Waals surface area contributed by atoms with Crippen LogP contribution >= 0.6 is 0 Å². The Balaban J connectivity index is 3.43. The maximum absolute atomic E-state index is 5.24. The molecule has 0 aliphatic heterocycles. The van der Waals surface area contributed by atoms with Gasteiger partial charge >= 0.3 is 0 Å². The van der Waals surface area contributed by atoms with E-state index in [-0.39, 0.29) is 0 Å². The lowest BCUT2D eigenvalue weighted by atomic mass is 10.2. The van der Waals surface area contributed by atoms with Gasteiger partial charge in [0.2, 0.25) is 5.96 Å². The highest BCUT2D eigenvalue weighted by atomic mass is 15.3. The molecule has 0 aromatic rings. The SMILES string of the molecule is CC(C)CN=C(N)NN. The van der Waals surface area contributed by atoms with E-state index in [0.29, 0.717) is 11.9 Å². The third kappa shape index (κ3) is 5.10. The summed E-state index contributed by atoms with van der Waals surface area (Å²) in [5, 5.41) is 0. The fraction of sp³-hybridized carbons (Fsp3) is 0.800. The molecule has 0 fully saturated rings. The predicted molar refractivity (Wildman–Crippen MR) is 38.7 cm³/mol. The van der Waals surface area contributed by atoms with Crippen LogP contribution in [0, 0.1) is 5.92 Å². The summed E-state index contributed by atoms with van der Waals surface area (Å²) >= 11 is 0. The van der Waals surface area contributed by atoms with E-state index in [0.717, 1.165) is 6.54 Å². The van der Waals surface area contributed by atoms with Crippen molar-refractivity contribution in [2.45, 2.75) is 13.8 Å². The molecule has 0 bridgehead atoms. The number of hydrogen-bond donors (Lipinski definition) is 3. The highest BCUT2D eigenvalue weighted by Crippen LogP contribution is 1.89.